The molecule has 2 N–H and O–H groups in total. The average Bonchev–Trinajstić information content (AvgIpc) is 2.89. The highest BCUT2D eigenvalue weighted by molar-refractivity contribution is 5.97. The van der Waals surface area contributed by atoms with Crippen LogP contribution in [0, 0.1) is 5.82 Å². The fourth-order valence-electron chi connectivity index (χ4n) is 2.00. The number of fused-ring (bicyclic) bond motifs is 1. The Morgan fingerprint density at radius 2 is 2.15 bits per heavy atom. The Kier molecular flexibility index (Phi) is 3.16. The summed E-state index contributed by atoms with van der Waals surface area (Å²) in [6.07, 6.45) is 1.66. The first-order chi connectivity index (χ1) is 9.72. The van der Waals surface area contributed by atoms with Crippen LogP contribution in [0.2, 0.25) is 0 Å². The smallest absolute Gasteiger partial charge is 0.268 e. The number of nitrogens with zero attached hydrogens (tertiary/aromatic N) is 1. The molecule has 0 aliphatic heterocycles. The lowest BCUT2D eigenvalue weighted by molar-refractivity contribution is 0.0946. The van der Waals surface area contributed by atoms with Gasteiger partial charge >= 0.3 is 0 Å². The third-order valence-electron chi connectivity index (χ3n) is 2.98. The zero-order valence-corrected chi connectivity index (χ0v) is 10.6. The number of carbonyl (C=O) groups excluding carboxylic acids is 1. The highest BCUT2D eigenvalue weighted by Gasteiger charge is 2.09. The summed E-state index contributed by atoms with van der Waals surface area (Å²) >= 11 is 0. The van der Waals surface area contributed by atoms with Crippen molar-refractivity contribution in [3.05, 3.63) is 65.7 Å². The van der Waals surface area contributed by atoms with Crippen LogP contribution in [0.25, 0.3) is 11.0 Å². The standard InChI is InChI=1S/C15H12FN3O/c16-12-5-1-3-10(7-12)9-18-15(20)13-8-11-4-2-6-17-14(11)19-13/h1-8H,9H2,(H,17,19)(H,18,20). The van der Waals surface area contributed by atoms with Crippen LogP contribution in [-0.4, -0.2) is 15.9 Å². The number of amides is 1. The Labute approximate surface area is 114 Å². The van der Waals surface area contributed by atoms with E-state index in [9.17, 15) is 9.18 Å². The molecule has 2 aromatic heterocycles. The van der Waals surface area contributed by atoms with E-state index in [1.165, 1.54) is 12.1 Å². The first-order valence-corrected chi connectivity index (χ1v) is 6.19. The topological polar surface area (TPSA) is 57.8 Å². The number of aromatic nitrogens is 2. The van der Waals surface area contributed by atoms with E-state index in [1.54, 1.807) is 24.4 Å². The largest absolute Gasteiger partial charge is 0.347 e. The van der Waals surface area contributed by atoms with Gasteiger partial charge in [-0.25, -0.2) is 9.37 Å². The van der Waals surface area contributed by atoms with Crippen LogP contribution in [0.15, 0.2) is 48.7 Å². The minimum atomic E-state index is -0.313. The Bertz CT molecular complexity index is 733. The highest BCUT2D eigenvalue weighted by atomic mass is 19.1. The van der Waals surface area contributed by atoms with E-state index in [-0.39, 0.29) is 18.3 Å². The first kappa shape index (κ1) is 12.3. The van der Waals surface area contributed by atoms with E-state index in [1.807, 2.05) is 12.1 Å². The van der Waals surface area contributed by atoms with Crippen molar-refractivity contribution in [2.24, 2.45) is 0 Å². The molecule has 5 heteroatoms. The van der Waals surface area contributed by atoms with Crippen LogP contribution < -0.4 is 5.32 Å². The summed E-state index contributed by atoms with van der Waals surface area (Å²) in [4.78, 5) is 19.1. The van der Waals surface area contributed by atoms with E-state index >= 15 is 0 Å². The van der Waals surface area contributed by atoms with E-state index in [4.69, 9.17) is 0 Å². The maximum Gasteiger partial charge on any atom is 0.268 e. The van der Waals surface area contributed by atoms with Crippen LogP contribution in [0.1, 0.15) is 16.1 Å². The fourth-order valence-corrected chi connectivity index (χ4v) is 2.00. The van der Waals surface area contributed by atoms with Gasteiger partial charge in [0.25, 0.3) is 5.91 Å². The normalized spacial score (nSPS) is 10.7. The van der Waals surface area contributed by atoms with Crippen molar-refractivity contribution in [1.29, 1.82) is 0 Å². The maximum absolute atomic E-state index is 13.0. The second kappa shape index (κ2) is 5.13. The number of pyridine rings is 1. The number of H-pyrrole nitrogens is 1. The van der Waals surface area contributed by atoms with E-state index < -0.39 is 0 Å². The van der Waals surface area contributed by atoms with Crippen molar-refractivity contribution >= 4 is 16.9 Å². The molecule has 0 bridgehead atoms. The summed E-state index contributed by atoms with van der Waals surface area (Å²) in [6.45, 7) is 0.277. The van der Waals surface area contributed by atoms with Crippen molar-refractivity contribution in [3.63, 3.8) is 0 Å². The first-order valence-electron chi connectivity index (χ1n) is 6.19. The molecule has 20 heavy (non-hydrogen) atoms. The lowest BCUT2D eigenvalue weighted by Crippen LogP contribution is -2.23. The van der Waals surface area contributed by atoms with Crippen molar-refractivity contribution in [3.8, 4) is 0 Å². The van der Waals surface area contributed by atoms with Gasteiger partial charge in [-0.15, -0.1) is 0 Å². The molecule has 0 saturated heterocycles. The second-order valence-electron chi connectivity index (χ2n) is 4.44. The monoisotopic (exact) mass is 269 g/mol. The van der Waals surface area contributed by atoms with Crippen LogP contribution in [0.3, 0.4) is 0 Å². The molecule has 1 aromatic carbocycles. The van der Waals surface area contributed by atoms with Crippen molar-refractivity contribution in [1.82, 2.24) is 15.3 Å². The third-order valence-corrected chi connectivity index (χ3v) is 2.98. The van der Waals surface area contributed by atoms with Gasteiger partial charge in [0.1, 0.15) is 17.2 Å². The Hall–Kier alpha value is -2.69. The molecule has 2 heterocycles. The summed E-state index contributed by atoms with van der Waals surface area (Å²) < 4.78 is 13.0. The van der Waals surface area contributed by atoms with E-state index in [0.717, 1.165) is 5.39 Å². The maximum atomic E-state index is 13.0. The fraction of sp³-hybridized carbons (Fsp3) is 0.0667. The van der Waals surface area contributed by atoms with Crippen LogP contribution >= 0.6 is 0 Å². The van der Waals surface area contributed by atoms with E-state index in [0.29, 0.717) is 16.9 Å². The van der Waals surface area contributed by atoms with Gasteiger partial charge in [0.2, 0.25) is 0 Å². The number of rotatable bonds is 3. The molecule has 4 nitrogen and oxygen atoms in total. The molecule has 3 aromatic rings. The van der Waals surface area contributed by atoms with Gasteiger partial charge in [-0.05, 0) is 35.9 Å². The molecule has 0 saturated carbocycles. The number of aromatic amines is 1. The van der Waals surface area contributed by atoms with Crippen molar-refractivity contribution in [2.45, 2.75) is 6.54 Å². The number of benzene rings is 1. The second-order valence-corrected chi connectivity index (χ2v) is 4.44. The van der Waals surface area contributed by atoms with Crippen LogP contribution in [-0.2, 0) is 6.54 Å². The van der Waals surface area contributed by atoms with Gasteiger partial charge in [-0.2, -0.15) is 0 Å². The average molecular weight is 269 g/mol. The Balaban J connectivity index is 1.73. The summed E-state index contributed by atoms with van der Waals surface area (Å²) in [7, 11) is 0. The molecule has 0 radical (unpaired) electrons. The molecule has 0 spiro atoms. The molecule has 0 aliphatic carbocycles. The molecule has 100 valence electrons. The van der Waals surface area contributed by atoms with Gasteiger partial charge in [0.15, 0.2) is 0 Å². The lowest BCUT2D eigenvalue weighted by Gasteiger charge is -2.03. The van der Waals surface area contributed by atoms with E-state index in [2.05, 4.69) is 15.3 Å². The highest BCUT2D eigenvalue weighted by Crippen LogP contribution is 2.12. The molecule has 3 rings (SSSR count). The Morgan fingerprint density at radius 3 is 2.95 bits per heavy atom. The summed E-state index contributed by atoms with van der Waals surface area (Å²) in [5.74, 6) is -0.557. The van der Waals surface area contributed by atoms with Gasteiger partial charge < -0.3 is 10.3 Å². The SMILES string of the molecule is O=C(NCc1cccc(F)c1)c1cc2cccnc2[nH]1. The quantitative estimate of drug-likeness (QED) is 0.768. The zero-order valence-electron chi connectivity index (χ0n) is 10.6. The number of hydrogen-bond donors (Lipinski definition) is 2. The molecule has 0 unspecified atom stereocenters. The molecule has 0 fully saturated rings. The van der Waals surface area contributed by atoms with Gasteiger partial charge in [0, 0.05) is 18.1 Å². The number of carbonyl (C=O) groups is 1. The third kappa shape index (κ3) is 2.51. The minimum absolute atomic E-state index is 0.243. The molecule has 1 amide bonds. The van der Waals surface area contributed by atoms with Gasteiger partial charge in [-0.3, -0.25) is 4.79 Å². The van der Waals surface area contributed by atoms with Gasteiger partial charge in [-0.1, -0.05) is 12.1 Å². The van der Waals surface area contributed by atoms with Crippen molar-refractivity contribution < 1.29 is 9.18 Å². The summed E-state index contributed by atoms with van der Waals surface area (Å²) in [6, 6.07) is 11.6. The molecular weight excluding hydrogens is 257 g/mol. The van der Waals surface area contributed by atoms with Crippen molar-refractivity contribution in [2.75, 3.05) is 0 Å². The van der Waals surface area contributed by atoms with Crippen LogP contribution in [0.4, 0.5) is 4.39 Å². The summed E-state index contributed by atoms with van der Waals surface area (Å²) in [5.41, 5.74) is 1.83. The number of halogens is 1. The summed E-state index contributed by atoms with van der Waals surface area (Å²) in [5, 5.41) is 3.62. The predicted molar refractivity (Wildman–Crippen MR) is 73.7 cm³/mol. The predicted octanol–water partition coefficient (Wildman–Crippen LogP) is 2.63. The molecule has 0 aliphatic rings. The molecular formula is C15H12FN3O. The van der Waals surface area contributed by atoms with Crippen LogP contribution in [0.5, 0.6) is 0 Å². The number of nitrogens with one attached hydrogen (secondary N) is 2. The minimum Gasteiger partial charge on any atom is -0.347 e. The van der Waals surface area contributed by atoms with Gasteiger partial charge in [0.05, 0.1) is 0 Å². The lowest BCUT2D eigenvalue weighted by atomic mass is 10.2. The Morgan fingerprint density at radius 1 is 1.25 bits per heavy atom. The zero-order chi connectivity index (χ0) is 13.9. The number of hydrogen-bond acceptors (Lipinski definition) is 2. The molecule has 0 atom stereocenters.